The molecule has 1 N–H and O–H groups in total. The molecule has 3 aromatic heterocycles. The normalized spacial score (nSPS) is 14.7. The first-order valence-corrected chi connectivity index (χ1v) is 7.21. The molecule has 21 heavy (non-hydrogen) atoms. The molecule has 1 fully saturated rings. The zero-order chi connectivity index (χ0) is 14.2. The van der Waals surface area contributed by atoms with Gasteiger partial charge in [0.15, 0.2) is 0 Å². The summed E-state index contributed by atoms with van der Waals surface area (Å²) in [5.41, 5.74) is 4.25. The van der Waals surface area contributed by atoms with Crippen LogP contribution in [0, 0.1) is 0 Å². The number of aromatic nitrogens is 6. The van der Waals surface area contributed by atoms with E-state index in [0.29, 0.717) is 5.92 Å². The van der Waals surface area contributed by atoms with Crippen molar-refractivity contribution in [1.82, 2.24) is 30.0 Å². The predicted octanol–water partition coefficient (Wildman–Crippen LogP) is 1.40. The van der Waals surface area contributed by atoms with E-state index in [1.54, 1.807) is 10.8 Å². The van der Waals surface area contributed by atoms with Crippen LogP contribution in [-0.4, -0.2) is 43.6 Å². The van der Waals surface area contributed by atoms with Crippen LogP contribution in [0.25, 0.3) is 5.65 Å². The van der Waals surface area contributed by atoms with Crippen molar-refractivity contribution in [3.8, 4) is 0 Å². The second-order valence-corrected chi connectivity index (χ2v) is 5.61. The molecule has 0 atom stereocenters. The lowest BCUT2D eigenvalue weighted by atomic mass is 10.2. The van der Waals surface area contributed by atoms with Gasteiger partial charge in [0.05, 0.1) is 17.6 Å². The molecule has 1 aliphatic carbocycles. The lowest BCUT2D eigenvalue weighted by Crippen LogP contribution is -2.21. The van der Waals surface area contributed by atoms with Crippen molar-refractivity contribution >= 4 is 11.3 Å². The fourth-order valence-electron chi connectivity index (χ4n) is 2.52. The number of hydrogen-bond donors (Lipinski definition) is 1. The molecule has 0 unspecified atom stereocenters. The van der Waals surface area contributed by atoms with Crippen molar-refractivity contribution in [2.45, 2.75) is 25.2 Å². The highest BCUT2D eigenvalue weighted by molar-refractivity contribution is 5.68. The van der Waals surface area contributed by atoms with Gasteiger partial charge in [0.25, 0.3) is 0 Å². The first-order valence-electron chi connectivity index (χ1n) is 7.21. The Hall–Kier alpha value is -2.44. The number of nitrogens with zero attached hydrogens (tertiary/aromatic N) is 6. The van der Waals surface area contributed by atoms with Gasteiger partial charge in [-0.25, -0.2) is 0 Å². The molecule has 7 nitrogen and oxygen atoms in total. The van der Waals surface area contributed by atoms with Crippen molar-refractivity contribution in [2.24, 2.45) is 0 Å². The summed E-state index contributed by atoms with van der Waals surface area (Å²) in [5.74, 6) is 0.609. The molecule has 0 bridgehead atoms. The standard InChI is InChI=1S/C14H17N7/c1-20(5-4-10-7-15-16-8-10)13-6-12(11-2-3-11)19-21-9-17-18-14(13)21/h6-9,11H,2-5H2,1H3,(H,15,16). The van der Waals surface area contributed by atoms with Crippen LogP contribution in [0.2, 0.25) is 0 Å². The summed E-state index contributed by atoms with van der Waals surface area (Å²) >= 11 is 0. The van der Waals surface area contributed by atoms with E-state index in [4.69, 9.17) is 0 Å². The van der Waals surface area contributed by atoms with E-state index in [9.17, 15) is 0 Å². The van der Waals surface area contributed by atoms with E-state index in [1.165, 1.54) is 18.4 Å². The van der Waals surface area contributed by atoms with Crippen LogP contribution < -0.4 is 4.90 Å². The van der Waals surface area contributed by atoms with E-state index in [-0.39, 0.29) is 0 Å². The Bertz CT molecular complexity index is 742. The zero-order valence-electron chi connectivity index (χ0n) is 11.9. The summed E-state index contributed by atoms with van der Waals surface area (Å²) < 4.78 is 1.79. The molecule has 3 aromatic rings. The minimum absolute atomic E-state index is 0.609. The monoisotopic (exact) mass is 283 g/mol. The first-order chi connectivity index (χ1) is 10.3. The largest absolute Gasteiger partial charge is 0.371 e. The molecule has 1 aliphatic rings. The molecule has 4 rings (SSSR count). The maximum Gasteiger partial charge on any atom is 0.200 e. The molecule has 0 amide bonds. The van der Waals surface area contributed by atoms with Crippen molar-refractivity contribution in [1.29, 1.82) is 0 Å². The summed E-state index contributed by atoms with van der Waals surface area (Å²) in [6, 6.07) is 2.16. The van der Waals surface area contributed by atoms with Gasteiger partial charge in [-0.3, -0.25) is 5.10 Å². The quantitative estimate of drug-likeness (QED) is 0.766. The number of likely N-dealkylation sites (N-methyl/N-ethyl adjacent to an activating group) is 1. The number of aromatic amines is 1. The van der Waals surface area contributed by atoms with Crippen LogP contribution in [0.4, 0.5) is 5.69 Å². The number of H-pyrrole nitrogens is 1. The SMILES string of the molecule is CN(CCc1cn[nH]c1)c1cc(C2CC2)nn2cnnc12. The fraction of sp³-hybridized carbons (Fsp3) is 0.429. The molecule has 3 heterocycles. The lowest BCUT2D eigenvalue weighted by molar-refractivity contribution is 0.827. The average molecular weight is 283 g/mol. The number of anilines is 1. The minimum Gasteiger partial charge on any atom is -0.371 e. The Kier molecular flexibility index (Phi) is 2.83. The smallest absolute Gasteiger partial charge is 0.200 e. The number of rotatable bonds is 5. The maximum absolute atomic E-state index is 4.60. The van der Waals surface area contributed by atoms with Crippen LogP contribution in [-0.2, 0) is 6.42 Å². The highest BCUT2D eigenvalue weighted by Crippen LogP contribution is 2.40. The van der Waals surface area contributed by atoms with Gasteiger partial charge in [-0.05, 0) is 30.9 Å². The maximum atomic E-state index is 4.60. The average Bonchev–Trinajstić information content (AvgIpc) is 3.01. The first kappa shape index (κ1) is 12.3. The summed E-state index contributed by atoms with van der Waals surface area (Å²) in [6.07, 6.45) is 8.88. The summed E-state index contributed by atoms with van der Waals surface area (Å²) in [7, 11) is 2.08. The molecule has 7 heteroatoms. The van der Waals surface area contributed by atoms with Gasteiger partial charge < -0.3 is 4.90 Å². The van der Waals surface area contributed by atoms with Gasteiger partial charge in [-0.2, -0.15) is 14.7 Å². The van der Waals surface area contributed by atoms with Crippen LogP contribution in [0.5, 0.6) is 0 Å². The molecular weight excluding hydrogens is 266 g/mol. The Morgan fingerprint density at radius 2 is 2.33 bits per heavy atom. The van der Waals surface area contributed by atoms with Crippen molar-refractivity contribution < 1.29 is 0 Å². The molecule has 0 aliphatic heterocycles. The van der Waals surface area contributed by atoms with Gasteiger partial charge in [0, 0.05) is 25.7 Å². The predicted molar refractivity (Wildman–Crippen MR) is 78.3 cm³/mol. The van der Waals surface area contributed by atoms with Crippen LogP contribution in [0.15, 0.2) is 24.8 Å². The van der Waals surface area contributed by atoms with Gasteiger partial charge >= 0.3 is 0 Å². The molecular formula is C14H17N7. The van der Waals surface area contributed by atoms with E-state index in [1.807, 2.05) is 12.4 Å². The van der Waals surface area contributed by atoms with Gasteiger partial charge in [0.1, 0.15) is 6.33 Å². The van der Waals surface area contributed by atoms with Crippen molar-refractivity contribution in [2.75, 3.05) is 18.5 Å². The van der Waals surface area contributed by atoms with Crippen LogP contribution in [0.1, 0.15) is 30.0 Å². The fourth-order valence-corrected chi connectivity index (χ4v) is 2.52. The summed E-state index contributed by atoms with van der Waals surface area (Å²) in [5, 5.41) is 19.6. The van der Waals surface area contributed by atoms with Gasteiger partial charge in [-0.1, -0.05) is 0 Å². The number of hydrogen-bond acceptors (Lipinski definition) is 5. The topological polar surface area (TPSA) is 75.0 Å². The molecule has 0 aromatic carbocycles. The Labute approximate surface area is 122 Å². The number of fused-ring (bicyclic) bond motifs is 1. The van der Waals surface area contributed by atoms with Gasteiger partial charge in [-0.15, -0.1) is 10.2 Å². The van der Waals surface area contributed by atoms with Crippen molar-refractivity contribution in [3.63, 3.8) is 0 Å². The van der Waals surface area contributed by atoms with E-state index in [0.717, 1.165) is 30.0 Å². The lowest BCUT2D eigenvalue weighted by Gasteiger charge is -2.19. The van der Waals surface area contributed by atoms with E-state index in [2.05, 4.69) is 43.5 Å². The Morgan fingerprint density at radius 1 is 1.43 bits per heavy atom. The van der Waals surface area contributed by atoms with Gasteiger partial charge in [0.2, 0.25) is 5.65 Å². The third kappa shape index (κ3) is 2.35. The van der Waals surface area contributed by atoms with Crippen molar-refractivity contribution in [3.05, 3.63) is 36.0 Å². The molecule has 108 valence electrons. The second kappa shape index (κ2) is 4.83. The molecule has 0 radical (unpaired) electrons. The highest BCUT2D eigenvalue weighted by Gasteiger charge is 2.27. The Balaban J connectivity index is 1.62. The van der Waals surface area contributed by atoms with E-state index < -0.39 is 0 Å². The highest BCUT2D eigenvalue weighted by atomic mass is 15.4. The zero-order valence-corrected chi connectivity index (χ0v) is 11.9. The summed E-state index contributed by atoms with van der Waals surface area (Å²) in [6.45, 7) is 0.899. The third-order valence-corrected chi connectivity index (χ3v) is 3.96. The molecule has 0 saturated heterocycles. The minimum atomic E-state index is 0.609. The third-order valence-electron chi connectivity index (χ3n) is 3.96. The van der Waals surface area contributed by atoms with E-state index >= 15 is 0 Å². The Morgan fingerprint density at radius 3 is 3.10 bits per heavy atom. The summed E-state index contributed by atoms with van der Waals surface area (Å²) in [4.78, 5) is 2.21. The van der Waals surface area contributed by atoms with Crippen LogP contribution >= 0.6 is 0 Å². The molecule has 1 saturated carbocycles. The number of nitrogens with one attached hydrogen (secondary N) is 1. The second-order valence-electron chi connectivity index (χ2n) is 5.61. The van der Waals surface area contributed by atoms with Crippen LogP contribution in [0.3, 0.4) is 0 Å². The molecule has 0 spiro atoms.